The first-order valence-electron chi connectivity index (χ1n) is 9.00. The van der Waals surface area contributed by atoms with Gasteiger partial charge in [0.25, 0.3) is 0 Å². The molecule has 5 heteroatoms. The van der Waals surface area contributed by atoms with Crippen molar-refractivity contribution in [3.63, 3.8) is 0 Å². The van der Waals surface area contributed by atoms with E-state index in [0.29, 0.717) is 17.9 Å². The van der Waals surface area contributed by atoms with Gasteiger partial charge in [-0.3, -0.25) is 10.00 Å². The van der Waals surface area contributed by atoms with Gasteiger partial charge in [-0.25, -0.2) is 4.39 Å². The number of nitrogens with zero attached hydrogens (tertiary/aromatic N) is 2. The smallest absolute Gasteiger partial charge is 0.131 e. The number of nitrogens with one attached hydrogen (secondary N) is 1. The normalized spacial score (nSPS) is 18.1. The number of piperidine rings is 1. The quantitative estimate of drug-likeness (QED) is 0.737. The van der Waals surface area contributed by atoms with Crippen molar-refractivity contribution < 1.29 is 9.50 Å². The molecule has 0 aliphatic carbocycles. The second-order valence-electron chi connectivity index (χ2n) is 6.88. The summed E-state index contributed by atoms with van der Waals surface area (Å²) < 4.78 is 14.2. The van der Waals surface area contributed by atoms with Crippen molar-refractivity contribution >= 4 is 0 Å². The summed E-state index contributed by atoms with van der Waals surface area (Å²) >= 11 is 0. The number of aromatic nitrogens is 2. The van der Waals surface area contributed by atoms with Crippen LogP contribution in [0, 0.1) is 5.82 Å². The summed E-state index contributed by atoms with van der Waals surface area (Å²) in [5.41, 5.74) is 3.37. The van der Waals surface area contributed by atoms with Gasteiger partial charge in [0.1, 0.15) is 11.6 Å². The molecule has 1 aliphatic rings. The van der Waals surface area contributed by atoms with Crippen LogP contribution >= 0.6 is 0 Å². The molecule has 0 spiro atoms. The Morgan fingerprint density at radius 1 is 1.12 bits per heavy atom. The van der Waals surface area contributed by atoms with Crippen LogP contribution in [0.2, 0.25) is 0 Å². The number of phenols is 1. The van der Waals surface area contributed by atoms with Crippen LogP contribution in [-0.4, -0.2) is 33.3 Å². The Bertz CT molecular complexity index is 892. The summed E-state index contributed by atoms with van der Waals surface area (Å²) in [5.74, 6) is 0.381. The number of aromatic amines is 1. The lowest BCUT2D eigenvalue weighted by Gasteiger charge is -2.32. The van der Waals surface area contributed by atoms with Crippen molar-refractivity contribution in [2.45, 2.75) is 25.3 Å². The number of H-pyrrole nitrogens is 1. The zero-order valence-corrected chi connectivity index (χ0v) is 14.5. The van der Waals surface area contributed by atoms with Crippen LogP contribution < -0.4 is 0 Å². The van der Waals surface area contributed by atoms with Gasteiger partial charge in [-0.2, -0.15) is 5.10 Å². The van der Waals surface area contributed by atoms with Crippen LogP contribution in [0.15, 0.2) is 54.7 Å². The minimum atomic E-state index is -0.225. The summed E-state index contributed by atoms with van der Waals surface area (Å²) in [4.78, 5) is 2.34. The predicted octanol–water partition coefficient (Wildman–Crippen LogP) is 4.30. The SMILES string of the molecule is Oc1ccccc1CN1CCC[C@@H](c2[nH]ncc2-c2ccccc2F)C1. The summed E-state index contributed by atoms with van der Waals surface area (Å²) in [5, 5.41) is 17.3. The van der Waals surface area contributed by atoms with Crippen molar-refractivity contribution in [1.82, 2.24) is 15.1 Å². The third kappa shape index (κ3) is 3.35. The summed E-state index contributed by atoms with van der Waals surface area (Å²) in [6.07, 6.45) is 3.82. The number of likely N-dealkylation sites (tertiary alicyclic amines) is 1. The van der Waals surface area contributed by atoms with E-state index in [1.54, 1.807) is 24.4 Å². The molecule has 1 saturated heterocycles. The second kappa shape index (κ2) is 7.30. The molecule has 134 valence electrons. The Morgan fingerprint density at radius 2 is 1.92 bits per heavy atom. The van der Waals surface area contributed by atoms with Crippen molar-refractivity contribution in [3.8, 4) is 16.9 Å². The third-order valence-electron chi connectivity index (χ3n) is 5.13. The molecule has 4 rings (SSSR count). The highest BCUT2D eigenvalue weighted by Crippen LogP contribution is 2.34. The maximum atomic E-state index is 14.2. The van der Waals surface area contributed by atoms with E-state index < -0.39 is 0 Å². The average molecular weight is 351 g/mol. The van der Waals surface area contributed by atoms with E-state index in [1.165, 1.54) is 6.07 Å². The average Bonchev–Trinajstić information content (AvgIpc) is 3.14. The van der Waals surface area contributed by atoms with Gasteiger partial charge in [0.2, 0.25) is 0 Å². The Balaban J connectivity index is 1.55. The van der Waals surface area contributed by atoms with Gasteiger partial charge in [0.05, 0.1) is 6.20 Å². The van der Waals surface area contributed by atoms with E-state index in [9.17, 15) is 9.50 Å². The molecule has 1 aromatic heterocycles. The molecule has 0 unspecified atom stereocenters. The number of benzene rings is 2. The molecule has 26 heavy (non-hydrogen) atoms. The van der Waals surface area contributed by atoms with Crippen molar-refractivity contribution in [3.05, 3.63) is 71.8 Å². The fourth-order valence-corrected chi connectivity index (χ4v) is 3.82. The van der Waals surface area contributed by atoms with E-state index in [4.69, 9.17) is 0 Å². The molecular formula is C21H22FN3O. The van der Waals surface area contributed by atoms with E-state index in [1.807, 2.05) is 24.3 Å². The van der Waals surface area contributed by atoms with Crippen LogP contribution in [0.25, 0.3) is 11.1 Å². The van der Waals surface area contributed by atoms with Crippen molar-refractivity contribution in [1.29, 1.82) is 0 Å². The molecule has 0 radical (unpaired) electrons. The molecule has 1 aliphatic heterocycles. The number of rotatable bonds is 4. The first-order chi connectivity index (χ1) is 12.7. The minimum Gasteiger partial charge on any atom is -0.508 e. The summed E-state index contributed by atoms with van der Waals surface area (Å²) in [6.45, 7) is 2.57. The molecule has 0 bridgehead atoms. The molecule has 2 heterocycles. The number of aromatic hydroxyl groups is 1. The fourth-order valence-electron chi connectivity index (χ4n) is 3.82. The second-order valence-corrected chi connectivity index (χ2v) is 6.88. The number of hydrogen-bond acceptors (Lipinski definition) is 3. The molecule has 3 aromatic rings. The lowest BCUT2D eigenvalue weighted by Crippen LogP contribution is -2.34. The third-order valence-corrected chi connectivity index (χ3v) is 5.13. The highest BCUT2D eigenvalue weighted by atomic mass is 19.1. The maximum absolute atomic E-state index is 14.2. The number of phenolic OH excluding ortho intramolecular Hbond substituents is 1. The molecule has 1 atom stereocenters. The molecule has 1 fully saturated rings. The molecular weight excluding hydrogens is 329 g/mol. The summed E-state index contributed by atoms with van der Waals surface area (Å²) in [7, 11) is 0. The first kappa shape index (κ1) is 16.8. The van der Waals surface area contributed by atoms with Crippen molar-refractivity contribution in [2.24, 2.45) is 0 Å². The van der Waals surface area contributed by atoms with Crippen molar-refractivity contribution in [2.75, 3.05) is 13.1 Å². The Morgan fingerprint density at radius 3 is 2.77 bits per heavy atom. The van der Waals surface area contributed by atoms with Gasteiger partial charge < -0.3 is 5.11 Å². The van der Waals surface area contributed by atoms with Crippen LogP contribution in [0.5, 0.6) is 5.75 Å². The van der Waals surface area contributed by atoms with Crippen LogP contribution in [0.1, 0.15) is 30.0 Å². The maximum Gasteiger partial charge on any atom is 0.131 e. The monoisotopic (exact) mass is 351 g/mol. The number of hydrogen-bond donors (Lipinski definition) is 2. The van der Waals surface area contributed by atoms with Crippen LogP contribution in [0.3, 0.4) is 0 Å². The minimum absolute atomic E-state index is 0.225. The van der Waals surface area contributed by atoms with Gasteiger partial charge in [0, 0.05) is 41.4 Å². The Kier molecular flexibility index (Phi) is 4.71. The fraction of sp³-hybridized carbons (Fsp3) is 0.286. The van der Waals surface area contributed by atoms with Crippen LogP contribution in [0.4, 0.5) is 4.39 Å². The van der Waals surface area contributed by atoms with Gasteiger partial charge in [-0.1, -0.05) is 36.4 Å². The molecule has 0 amide bonds. The Labute approximate surface area is 152 Å². The van der Waals surface area contributed by atoms with E-state index in [0.717, 1.165) is 42.8 Å². The topological polar surface area (TPSA) is 52.1 Å². The molecule has 0 saturated carbocycles. The van der Waals surface area contributed by atoms with Gasteiger partial charge in [-0.05, 0) is 31.5 Å². The standard InChI is InChI=1S/C21H22FN3O/c22-19-9-3-2-8-17(19)18-12-23-24-21(18)16-7-5-11-25(14-16)13-15-6-1-4-10-20(15)26/h1-4,6,8-10,12,16,26H,5,7,11,13-14H2,(H,23,24)/t16-/m1/s1. The highest BCUT2D eigenvalue weighted by Gasteiger charge is 2.26. The van der Waals surface area contributed by atoms with Gasteiger partial charge in [0.15, 0.2) is 0 Å². The predicted molar refractivity (Wildman–Crippen MR) is 99.3 cm³/mol. The van der Waals surface area contributed by atoms with Crippen LogP contribution in [-0.2, 0) is 6.54 Å². The zero-order valence-electron chi connectivity index (χ0n) is 14.5. The molecule has 2 N–H and O–H groups in total. The lowest BCUT2D eigenvalue weighted by atomic mass is 9.90. The Hall–Kier alpha value is -2.66. The van der Waals surface area contributed by atoms with E-state index >= 15 is 0 Å². The van der Waals surface area contributed by atoms with Gasteiger partial charge >= 0.3 is 0 Å². The van der Waals surface area contributed by atoms with E-state index in [2.05, 4.69) is 15.1 Å². The lowest BCUT2D eigenvalue weighted by molar-refractivity contribution is 0.197. The molecule has 2 aromatic carbocycles. The number of halogens is 1. The first-order valence-corrected chi connectivity index (χ1v) is 9.00. The summed E-state index contributed by atoms with van der Waals surface area (Å²) in [6, 6.07) is 14.3. The number of para-hydroxylation sites is 1. The highest BCUT2D eigenvalue weighted by molar-refractivity contribution is 5.66. The zero-order chi connectivity index (χ0) is 17.9. The molecule has 4 nitrogen and oxygen atoms in total. The largest absolute Gasteiger partial charge is 0.508 e. The van der Waals surface area contributed by atoms with E-state index in [-0.39, 0.29) is 11.7 Å². The van der Waals surface area contributed by atoms with Gasteiger partial charge in [-0.15, -0.1) is 0 Å².